The number of aliphatic carboxylic acids is 1. The number of carboxylic acids is 1. The van der Waals surface area contributed by atoms with Gasteiger partial charge in [-0.3, -0.25) is 4.79 Å². The predicted molar refractivity (Wildman–Crippen MR) is 46.1 cm³/mol. The lowest BCUT2D eigenvalue weighted by Gasteiger charge is -2.18. The largest absolute Gasteiger partial charge is 0.481 e. The Kier molecular flexibility index (Phi) is 5.59. The molecule has 0 aliphatic rings. The van der Waals surface area contributed by atoms with Gasteiger partial charge in [-0.2, -0.15) is 13.2 Å². The van der Waals surface area contributed by atoms with Crippen LogP contribution < -0.4 is 5.73 Å². The zero-order chi connectivity index (χ0) is 12.1. The van der Waals surface area contributed by atoms with Crippen molar-refractivity contribution in [3.05, 3.63) is 0 Å². The summed E-state index contributed by atoms with van der Waals surface area (Å²) in [7, 11) is 0. The van der Waals surface area contributed by atoms with Crippen molar-refractivity contribution in [2.45, 2.75) is 31.5 Å². The molecule has 0 aliphatic heterocycles. The second kappa shape index (κ2) is 5.92. The first-order chi connectivity index (χ1) is 6.79. The topological polar surface area (TPSA) is 83.5 Å². The first-order valence-electron chi connectivity index (χ1n) is 4.46. The molecule has 4 nitrogen and oxygen atoms in total. The molecule has 2 unspecified atom stereocenters. The molecule has 0 saturated carbocycles. The minimum absolute atomic E-state index is 0.0406. The van der Waals surface area contributed by atoms with E-state index in [9.17, 15) is 18.0 Å². The summed E-state index contributed by atoms with van der Waals surface area (Å²) in [5, 5.41) is 17.3. The fourth-order valence-electron chi connectivity index (χ4n) is 1.11. The second-order valence-electron chi connectivity index (χ2n) is 3.26. The van der Waals surface area contributed by atoms with Crippen molar-refractivity contribution in [3.63, 3.8) is 0 Å². The maximum atomic E-state index is 11.9. The van der Waals surface area contributed by atoms with E-state index in [-0.39, 0.29) is 13.0 Å². The van der Waals surface area contributed by atoms with Gasteiger partial charge in [0.1, 0.15) is 0 Å². The maximum absolute atomic E-state index is 11.9. The summed E-state index contributed by atoms with van der Waals surface area (Å²) in [5.41, 5.74) is 5.12. The number of aliphatic hydroxyl groups excluding tert-OH is 1. The Hall–Kier alpha value is -0.820. The van der Waals surface area contributed by atoms with E-state index in [1.165, 1.54) is 0 Å². The van der Waals surface area contributed by atoms with Gasteiger partial charge in [0.05, 0.1) is 5.92 Å². The number of rotatable bonds is 6. The predicted octanol–water partition coefficient (Wildman–Crippen LogP) is 0.739. The summed E-state index contributed by atoms with van der Waals surface area (Å²) in [6.45, 7) is 0.214. The molecule has 0 aromatic rings. The van der Waals surface area contributed by atoms with E-state index in [2.05, 4.69) is 0 Å². The number of hydrogen-bond donors (Lipinski definition) is 3. The molecule has 0 amide bonds. The molecule has 0 rings (SSSR count). The molecule has 7 heteroatoms. The number of hydrogen-bond acceptors (Lipinski definition) is 3. The average molecular weight is 229 g/mol. The van der Waals surface area contributed by atoms with Crippen LogP contribution >= 0.6 is 0 Å². The van der Waals surface area contributed by atoms with Gasteiger partial charge in [0.2, 0.25) is 0 Å². The number of alkyl halides is 3. The van der Waals surface area contributed by atoms with E-state index in [1.807, 2.05) is 0 Å². The van der Waals surface area contributed by atoms with Crippen molar-refractivity contribution in [1.82, 2.24) is 0 Å². The van der Waals surface area contributed by atoms with Crippen LogP contribution in [-0.4, -0.2) is 35.0 Å². The summed E-state index contributed by atoms with van der Waals surface area (Å²) < 4.78 is 35.8. The number of carboxylic acid groups (broad SMARTS) is 1. The molecule has 0 aromatic carbocycles. The zero-order valence-corrected chi connectivity index (χ0v) is 8.00. The van der Waals surface area contributed by atoms with Gasteiger partial charge in [-0.25, -0.2) is 0 Å². The summed E-state index contributed by atoms with van der Waals surface area (Å²) in [4.78, 5) is 10.5. The first-order valence-corrected chi connectivity index (χ1v) is 4.46. The molecular formula is C8H14F3NO3. The van der Waals surface area contributed by atoms with E-state index in [1.54, 1.807) is 0 Å². The van der Waals surface area contributed by atoms with Gasteiger partial charge < -0.3 is 15.9 Å². The zero-order valence-electron chi connectivity index (χ0n) is 8.00. The Morgan fingerprint density at radius 1 is 1.40 bits per heavy atom. The number of aliphatic hydroxyl groups is 1. The summed E-state index contributed by atoms with van der Waals surface area (Å²) in [6, 6.07) is 0. The lowest BCUT2D eigenvalue weighted by Crippen LogP contribution is -2.33. The lowest BCUT2D eigenvalue weighted by atomic mass is 9.96. The van der Waals surface area contributed by atoms with E-state index in [0.29, 0.717) is 6.42 Å². The Balaban J connectivity index is 4.22. The molecule has 0 bridgehead atoms. The lowest BCUT2D eigenvalue weighted by molar-refractivity contribution is -0.209. The molecule has 0 aliphatic carbocycles. The minimum Gasteiger partial charge on any atom is -0.481 e. The Labute approximate surface area is 84.9 Å². The molecule has 90 valence electrons. The highest BCUT2D eigenvalue weighted by atomic mass is 19.4. The first kappa shape index (κ1) is 14.2. The van der Waals surface area contributed by atoms with Crippen molar-refractivity contribution in [2.75, 3.05) is 6.54 Å². The van der Waals surface area contributed by atoms with Crippen LogP contribution in [0.3, 0.4) is 0 Å². The SMILES string of the molecule is NCCCC(CC(O)C(F)(F)F)C(=O)O. The van der Waals surface area contributed by atoms with Crippen LogP contribution in [0.15, 0.2) is 0 Å². The van der Waals surface area contributed by atoms with Crippen LogP contribution in [0.4, 0.5) is 13.2 Å². The van der Waals surface area contributed by atoms with Gasteiger partial charge in [0.25, 0.3) is 0 Å². The van der Waals surface area contributed by atoms with Crippen LogP contribution in [-0.2, 0) is 4.79 Å². The van der Waals surface area contributed by atoms with E-state index in [0.717, 1.165) is 0 Å². The third kappa shape index (κ3) is 5.58. The van der Waals surface area contributed by atoms with Crippen LogP contribution in [0.25, 0.3) is 0 Å². The van der Waals surface area contributed by atoms with Gasteiger partial charge in [0.15, 0.2) is 6.10 Å². The van der Waals surface area contributed by atoms with Gasteiger partial charge >= 0.3 is 12.1 Å². The quantitative estimate of drug-likeness (QED) is 0.627. The van der Waals surface area contributed by atoms with Crippen LogP contribution in [0.5, 0.6) is 0 Å². The molecule has 0 radical (unpaired) electrons. The maximum Gasteiger partial charge on any atom is 0.414 e. The monoisotopic (exact) mass is 229 g/mol. The van der Waals surface area contributed by atoms with Gasteiger partial charge in [-0.15, -0.1) is 0 Å². The Morgan fingerprint density at radius 3 is 2.27 bits per heavy atom. The van der Waals surface area contributed by atoms with E-state index < -0.39 is 30.6 Å². The minimum atomic E-state index is -4.77. The molecule has 4 N–H and O–H groups in total. The van der Waals surface area contributed by atoms with Gasteiger partial charge in [0, 0.05) is 0 Å². The van der Waals surface area contributed by atoms with Crippen molar-refractivity contribution >= 4 is 5.97 Å². The van der Waals surface area contributed by atoms with Crippen LogP contribution in [0.1, 0.15) is 19.3 Å². The Bertz CT molecular complexity index is 208. The van der Waals surface area contributed by atoms with Crippen molar-refractivity contribution in [1.29, 1.82) is 0 Å². The average Bonchev–Trinajstić information content (AvgIpc) is 2.09. The molecule has 0 fully saturated rings. The summed E-state index contributed by atoms with van der Waals surface area (Å²) >= 11 is 0. The molecule has 0 heterocycles. The fraction of sp³-hybridized carbons (Fsp3) is 0.875. The third-order valence-corrected chi connectivity index (χ3v) is 1.99. The van der Waals surface area contributed by atoms with Crippen molar-refractivity contribution in [3.8, 4) is 0 Å². The van der Waals surface area contributed by atoms with Crippen molar-refractivity contribution in [2.24, 2.45) is 11.7 Å². The second-order valence-corrected chi connectivity index (χ2v) is 3.26. The number of nitrogens with two attached hydrogens (primary N) is 1. The number of halogens is 3. The van der Waals surface area contributed by atoms with Crippen LogP contribution in [0, 0.1) is 5.92 Å². The molecule has 0 spiro atoms. The highest BCUT2D eigenvalue weighted by Crippen LogP contribution is 2.26. The Morgan fingerprint density at radius 2 is 1.93 bits per heavy atom. The van der Waals surface area contributed by atoms with Crippen molar-refractivity contribution < 1.29 is 28.2 Å². The molecule has 15 heavy (non-hydrogen) atoms. The van der Waals surface area contributed by atoms with Gasteiger partial charge in [-0.1, -0.05) is 0 Å². The standard InChI is InChI=1S/C8H14F3NO3/c9-8(10,11)6(13)4-5(7(14)15)2-1-3-12/h5-6,13H,1-4,12H2,(H,14,15). The molecule has 2 atom stereocenters. The normalized spacial score (nSPS) is 16.1. The smallest absolute Gasteiger partial charge is 0.414 e. The highest BCUT2D eigenvalue weighted by molar-refractivity contribution is 5.69. The fourth-order valence-corrected chi connectivity index (χ4v) is 1.11. The molecule has 0 aromatic heterocycles. The third-order valence-electron chi connectivity index (χ3n) is 1.99. The van der Waals surface area contributed by atoms with E-state index >= 15 is 0 Å². The van der Waals surface area contributed by atoms with E-state index in [4.69, 9.17) is 15.9 Å². The van der Waals surface area contributed by atoms with Gasteiger partial charge in [-0.05, 0) is 25.8 Å². The van der Waals surface area contributed by atoms with Crippen LogP contribution in [0.2, 0.25) is 0 Å². The summed E-state index contributed by atoms with van der Waals surface area (Å²) in [6.07, 6.45) is -7.81. The summed E-state index contributed by atoms with van der Waals surface area (Å²) in [5.74, 6) is -2.54. The highest BCUT2D eigenvalue weighted by Gasteiger charge is 2.40. The number of carbonyl (C=O) groups is 1. The molecule has 0 saturated heterocycles. The molecular weight excluding hydrogens is 215 g/mol.